The average Bonchev–Trinajstić information content (AvgIpc) is 2.59. The van der Waals surface area contributed by atoms with Gasteiger partial charge in [0.05, 0.1) is 6.26 Å². The third-order valence-electron chi connectivity index (χ3n) is 7.12. The van der Waals surface area contributed by atoms with Gasteiger partial charge >= 0.3 is 12.4 Å². The summed E-state index contributed by atoms with van der Waals surface area (Å²) in [7, 11) is 0. The van der Waals surface area contributed by atoms with E-state index in [4.69, 9.17) is 4.74 Å². The first kappa shape index (κ1) is 20.8. The summed E-state index contributed by atoms with van der Waals surface area (Å²) in [5, 5.41) is 10.3. The summed E-state index contributed by atoms with van der Waals surface area (Å²) in [6, 6.07) is 0. The highest BCUT2D eigenvalue weighted by atomic mass is 19.4. The standard InChI is InChI=1S/C19H26F6O2/c1-2-27-16-13-9-5-3-7-11(13)15(12-8-4-6-10-14(12)16)17(26,18(20,21)22)19(23,24)25/h2,11-16,26H,1,3-10H2. The zero-order valence-corrected chi connectivity index (χ0v) is 15.0. The normalized spacial score (nSPS) is 37.9. The number of hydrogen-bond acceptors (Lipinski definition) is 2. The third-order valence-corrected chi connectivity index (χ3v) is 7.12. The Morgan fingerprint density at radius 3 is 1.44 bits per heavy atom. The van der Waals surface area contributed by atoms with Gasteiger partial charge in [0.15, 0.2) is 0 Å². The van der Waals surface area contributed by atoms with Gasteiger partial charge in [0.2, 0.25) is 0 Å². The van der Waals surface area contributed by atoms with Gasteiger partial charge in [0.1, 0.15) is 6.10 Å². The molecule has 0 amide bonds. The first-order valence-corrected chi connectivity index (χ1v) is 9.66. The number of alkyl halides is 6. The lowest BCUT2D eigenvalue weighted by atomic mass is 9.50. The summed E-state index contributed by atoms with van der Waals surface area (Å²) in [6.45, 7) is 3.54. The predicted molar refractivity (Wildman–Crippen MR) is 86.5 cm³/mol. The highest BCUT2D eigenvalue weighted by Gasteiger charge is 2.77. The summed E-state index contributed by atoms with van der Waals surface area (Å²) in [6.07, 6.45) is -6.52. The van der Waals surface area contributed by atoms with Gasteiger partial charge in [-0.1, -0.05) is 32.3 Å². The summed E-state index contributed by atoms with van der Waals surface area (Å²) in [5.41, 5.74) is -4.68. The van der Waals surface area contributed by atoms with Crippen LogP contribution in [0.4, 0.5) is 26.3 Å². The second-order valence-corrected chi connectivity index (χ2v) is 8.28. The van der Waals surface area contributed by atoms with E-state index in [9.17, 15) is 31.4 Å². The molecule has 3 aliphatic rings. The van der Waals surface area contributed by atoms with Crippen LogP contribution in [0.5, 0.6) is 0 Å². The molecule has 0 spiro atoms. The molecule has 0 bridgehead atoms. The van der Waals surface area contributed by atoms with Crippen molar-refractivity contribution in [1.82, 2.24) is 0 Å². The van der Waals surface area contributed by atoms with E-state index < -0.39 is 53.6 Å². The SMILES string of the molecule is C=COC1C2CCCCC2C(C(O)(C(F)(F)F)C(F)(F)F)C2CCCCC21. The molecule has 3 rings (SSSR count). The molecule has 0 aromatic heterocycles. The van der Waals surface area contributed by atoms with E-state index in [2.05, 4.69) is 6.58 Å². The molecule has 2 nitrogen and oxygen atoms in total. The molecule has 3 saturated carbocycles. The number of ether oxygens (including phenoxy) is 1. The lowest BCUT2D eigenvalue weighted by Crippen LogP contribution is -2.69. The molecular formula is C19H26F6O2. The fraction of sp³-hybridized carbons (Fsp3) is 0.895. The monoisotopic (exact) mass is 400 g/mol. The van der Waals surface area contributed by atoms with Crippen molar-refractivity contribution in [2.75, 3.05) is 0 Å². The molecule has 0 aromatic carbocycles. The molecule has 0 aromatic rings. The molecule has 1 N–H and O–H groups in total. The van der Waals surface area contributed by atoms with Crippen molar-refractivity contribution in [3.05, 3.63) is 12.8 Å². The molecule has 0 heterocycles. The van der Waals surface area contributed by atoms with Crippen LogP contribution >= 0.6 is 0 Å². The Labute approximate surface area is 155 Å². The molecule has 4 unspecified atom stereocenters. The first-order valence-electron chi connectivity index (χ1n) is 9.66. The second-order valence-electron chi connectivity index (χ2n) is 8.28. The Morgan fingerprint density at radius 2 is 1.11 bits per heavy atom. The lowest BCUT2D eigenvalue weighted by molar-refractivity contribution is -0.403. The lowest BCUT2D eigenvalue weighted by Gasteiger charge is -2.58. The van der Waals surface area contributed by atoms with Crippen LogP contribution in [-0.4, -0.2) is 29.2 Å². The zero-order chi connectivity index (χ0) is 20.0. The van der Waals surface area contributed by atoms with Gasteiger partial charge in [-0.3, -0.25) is 0 Å². The highest BCUT2D eigenvalue weighted by Crippen LogP contribution is 2.62. The van der Waals surface area contributed by atoms with Crippen LogP contribution in [0.2, 0.25) is 0 Å². The maximum absolute atomic E-state index is 13.7. The molecule has 0 saturated heterocycles. The molecule has 0 aliphatic heterocycles. The van der Waals surface area contributed by atoms with E-state index in [1.54, 1.807) is 0 Å². The van der Waals surface area contributed by atoms with E-state index in [1.807, 2.05) is 0 Å². The Bertz CT molecular complexity index is 505. The van der Waals surface area contributed by atoms with Crippen molar-refractivity contribution < 1.29 is 36.2 Å². The van der Waals surface area contributed by atoms with Crippen LogP contribution in [0.1, 0.15) is 51.4 Å². The summed E-state index contributed by atoms with van der Waals surface area (Å²) in [4.78, 5) is 0. The van der Waals surface area contributed by atoms with Crippen LogP contribution < -0.4 is 0 Å². The molecule has 3 fully saturated rings. The minimum Gasteiger partial charge on any atom is -0.498 e. The van der Waals surface area contributed by atoms with Crippen molar-refractivity contribution in [2.45, 2.75) is 75.4 Å². The summed E-state index contributed by atoms with van der Waals surface area (Å²) < 4.78 is 88.1. The predicted octanol–water partition coefficient (Wildman–Crippen LogP) is 5.61. The Morgan fingerprint density at radius 1 is 0.741 bits per heavy atom. The van der Waals surface area contributed by atoms with E-state index in [1.165, 1.54) is 6.26 Å². The van der Waals surface area contributed by atoms with E-state index in [0.717, 1.165) is 12.8 Å². The van der Waals surface area contributed by atoms with E-state index in [0.29, 0.717) is 25.7 Å². The second kappa shape index (κ2) is 7.16. The van der Waals surface area contributed by atoms with Gasteiger partial charge in [0.25, 0.3) is 5.60 Å². The number of halogens is 6. The first-order chi connectivity index (χ1) is 12.5. The molecule has 8 heteroatoms. The molecule has 0 radical (unpaired) electrons. The fourth-order valence-corrected chi connectivity index (χ4v) is 6.19. The van der Waals surface area contributed by atoms with Gasteiger partial charge < -0.3 is 9.84 Å². The zero-order valence-electron chi connectivity index (χ0n) is 15.0. The Hall–Kier alpha value is -0.920. The van der Waals surface area contributed by atoms with Crippen molar-refractivity contribution in [3.63, 3.8) is 0 Å². The van der Waals surface area contributed by atoms with Gasteiger partial charge in [-0.05, 0) is 49.4 Å². The van der Waals surface area contributed by atoms with Crippen LogP contribution in [0.3, 0.4) is 0 Å². The maximum atomic E-state index is 13.7. The van der Waals surface area contributed by atoms with Crippen molar-refractivity contribution in [1.29, 1.82) is 0 Å². The van der Waals surface area contributed by atoms with Crippen molar-refractivity contribution >= 4 is 0 Å². The van der Waals surface area contributed by atoms with Crippen LogP contribution in [0.15, 0.2) is 12.8 Å². The van der Waals surface area contributed by atoms with Gasteiger partial charge in [-0.2, -0.15) is 26.3 Å². The Balaban J connectivity index is 2.12. The van der Waals surface area contributed by atoms with E-state index >= 15 is 0 Å². The smallest absolute Gasteiger partial charge is 0.426 e. The van der Waals surface area contributed by atoms with Crippen molar-refractivity contribution in [3.8, 4) is 0 Å². The third kappa shape index (κ3) is 3.25. The molecule has 27 heavy (non-hydrogen) atoms. The summed E-state index contributed by atoms with van der Waals surface area (Å²) >= 11 is 0. The molecule has 156 valence electrons. The van der Waals surface area contributed by atoms with E-state index in [-0.39, 0.29) is 12.8 Å². The number of fused-ring (bicyclic) bond motifs is 2. The number of aliphatic hydroxyl groups is 1. The minimum atomic E-state index is -5.77. The molecule has 3 aliphatic carbocycles. The maximum Gasteiger partial charge on any atom is 0.426 e. The average molecular weight is 400 g/mol. The van der Waals surface area contributed by atoms with Crippen LogP contribution in [-0.2, 0) is 4.74 Å². The topological polar surface area (TPSA) is 29.5 Å². The fourth-order valence-electron chi connectivity index (χ4n) is 6.19. The number of rotatable bonds is 3. The quantitative estimate of drug-likeness (QED) is 0.493. The largest absolute Gasteiger partial charge is 0.498 e. The molecule has 4 atom stereocenters. The van der Waals surface area contributed by atoms with Crippen LogP contribution in [0.25, 0.3) is 0 Å². The Kier molecular flexibility index (Phi) is 5.51. The van der Waals surface area contributed by atoms with Crippen LogP contribution in [0, 0.1) is 29.6 Å². The number of hydrogen-bond donors (Lipinski definition) is 1. The highest BCUT2D eigenvalue weighted by molar-refractivity contribution is 5.11. The van der Waals surface area contributed by atoms with Gasteiger partial charge in [-0.15, -0.1) is 0 Å². The van der Waals surface area contributed by atoms with Crippen molar-refractivity contribution in [2.24, 2.45) is 29.6 Å². The minimum absolute atomic E-state index is 0.254. The van der Waals surface area contributed by atoms with Gasteiger partial charge in [0, 0.05) is 5.92 Å². The van der Waals surface area contributed by atoms with Gasteiger partial charge in [-0.25, -0.2) is 0 Å². The summed E-state index contributed by atoms with van der Waals surface area (Å²) in [5.74, 6) is -4.44. The molecular weight excluding hydrogens is 374 g/mol.